The molecule has 1 unspecified atom stereocenters. The van der Waals surface area contributed by atoms with Crippen molar-refractivity contribution in [3.63, 3.8) is 0 Å². The zero-order valence-corrected chi connectivity index (χ0v) is 10.8. The number of Topliss-reactive ketones (excluding diaryl/α,β-unsaturated/α-hetero) is 1. The number of benzene rings is 1. The first-order valence-electron chi connectivity index (χ1n) is 6.24. The molecule has 0 bridgehead atoms. The number of aryl methyl sites for hydroxylation is 1. The lowest BCUT2D eigenvalue weighted by molar-refractivity contribution is 0.0960. The predicted molar refractivity (Wildman–Crippen MR) is 71.6 cm³/mol. The van der Waals surface area contributed by atoms with Crippen LogP contribution >= 0.6 is 0 Å². The Morgan fingerprint density at radius 3 is 2.74 bits per heavy atom. The second-order valence-corrected chi connectivity index (χ2v) is 4.27. The van der Waals surface area contributed by atoms with Gasteiger partial charge < -0.3 is 0 Å². The summed E-state index contributed by atoms with van der Waals surface area (Å²) >= 11 is 0. The van der Waals surface area contributed by atoms with E-state index in [4.69, 9.17) is 5.26 Å². The molecule has 1 atom stereocenters. The standard InChI is InChI=1S/C15H15N3O/c1-2-18-11-13(10-17-18)15(19)14(8-9-16)12-6-4-3-5-7-12/h3-7,10-11,14H,2,8H2,1H3. The Hall–Kier alpha value is -2.41. The van der Waals surface area contributed by atoms with Crippen LogP contribution in [0.1, 0.15) is 35.2 Å². The Morgan fingerprint density at radius 1 is 1.42 bits per heavy atom. The van der Waals surface area contributed by atoms with E-state index in [0.29, 0.717) is 5.56 Å². The second kappa shape index (κ2) is 5.96. The predicted octanol–water partition coefficient (Wildman–Crippen LogP) is 2.78. The van der Waals surface area contributed by atoms with Crippen LogP contribution in [-0.2, 0) is 6.54 Å². The Labute approximate surface area is 112 Å². The number of ketones is 1. The number of carbonyl (C=O) groups excluding carboxylic acids is 1. The van der Waals surface area contributed by atoms with Gasteiger partial charge in [-0.15, -0.1) is 0 Å². The van der Waals surface area contributed by atoms with E-state index < -0.39 is 5.92 Å². The topological polar surface area (TPSA) is 58.7 Å². The smallest absolute Gasteiger partial charge is 0.174 e. The molecule has 0 aliphatic rings. The van der Waals surface area contributed by atoms with Gasteiger partial charge in [-0.3, -0.25) is 9.48 Å². The van der Waals surface area contributed by atoms with E-state index in [2.05, 4.69) is 11.2 Å². The van der Waals surface area contributed by atoms with Crippen molar-refractivity contribution in [2.75, 3.05) is 0 Å². The maximum Gasteiger partial charge on any atom is 0.174 e. The summed E-state index contributed by atoms with van der Waals surface area (Å²) < 4.78 is 1.71. The van der Waals surface area contributed by atoms with Gasteiger partial charge in [0.1, 0.15) is 0 Å². The minimum atomic E-state index is -0.416. The van der Waals surface area contributed by atoms with E-state index in [-0.39, 0.29) is 12.2 Å². The molecule has 0 fully saturated rings. The zero-order chi connectivity index (χ0) is 13.7. The minimum absolute atomic E-state index is 0.0487. The maximum atomic E-state index is 12.5. The molecule has 0 N–H and O–H groups in total. The van der Waals surface area contributed by atoms with Crippen LogP contribution in [0.5, 0.6) is 0 Å². The number of carbonyl (C=O) groups is 1. The van der Waals surface area contributed by atoms with Crippen LogP contribution in [0, 0.1) is 11.3 Å². The lowest BCUT2D eigenvalue weighted by Crippen LogP contribution is -2.12. The summed E-state index contributed by atoms with van der Waals surface area (Å²) in [4.78, 5) is 12.5. The molecule has 0 amide bonds. The molecule has 0 saturated heterocycles. The molecule has 0 spiro atoms. The summed E-state index contributed by atoms with van der Waals surface area (Å²) in [6, 6.07) is 11.5. The van der Waals surface area contributed by atoms with E-state index in [1.807, 2.05) is 37.3 Å². The first kappa shape index (κ1) is 13.0. The summed E-state index contributed by atoms with van der Waals surface area (Å²) in [6.45, 7) is 2.69. The summed E-state index contributed by atoms with van der Waals surface area (Å²) in [6.07, 6.45) is 3.48. The van der Waals surface area contributed by atoms with Crippen LogP contribution in [0.15, 0.2) is 42.7 Å². The van der Waals surface area contributed by atoms with E-state index in [9.17, 15) is 4.79 Å². The summed E-state index contributed by atoms with van der Waals surface area (Å²) in [5, 5.41) is 13.0. The Kier molecular flexibility index (Phi) is 4.09. The summed E-state index contributed by atoms with van der Waals surface area (Å²) in [5.41, 5.74) is 1.43. The fraction of sp³-hybridized carbons (Fsp3) is 0.267. The molecule has 1 aromatic carbocycles. The fourth-order valence-corrected chi connectivity index (χ4v) is 2.00. The van der Waals surface area contributed by atoms with Crippen LogP contribution < -0.4 is 0 Å². The van der Waals surface area contributed by atoms with Crippen LogP contribution in [0.25, 0.3) is 0 Å². The summed E-state index contributed by atoms with van der Waals surface area (Å²) in [5.74, 6) is -0.465. The van der Waals surface area contributed by atoms with Gasteiger partial charge in [-0.1, -0.05) is 30.3 Å². The molecule has 4 heteroatoms. The van der Waals surface area contributed by atoms with Gasteiger partial charge in [-0.2, -0.15) is 10.4 Å². The average Bonchev–Trinajstić information content (AvgIpc) is 2.94. The highest BCUT2D eigenvalue weighted by Gasteiger charge is 2.22. The van der Waals surface area contributed by atoms with Crippen molar-refractivity contribution in [1.82, 2.24) is 9.78 Å². The number of nitrogens with zero attached hydrogens (tertiary/aromatic N) is 3. The molecule has 4 nitrogen and oxygen atoms in total. The lowest BCUT2D eigenvalue weighted by atomic mass is 9.89. The van der Waals surface area contributed by atoms with Crippen molar-refractivity contribution in [3.8, 4) is 6.07 Å². The minimum Gasteiger partial charge on any atom is -0.293 e. The first-order chi connectivity index (χ1) is 9.26. The Bertz CT molecular complexity index is 595. The molecular weight excluding hydrogens is 238 g/mol. The third-order valence-electron chi connectivity index (χ3n) is 3.06. The normalized spacial score (nSPS) is 11.8. The quantitative estimate of drug-likeness (QED) is 0.770. The van der Waals surface area contributed by atoms with E-state index in [1.165, 1.54) is 0 Å². The van der Waals surface area contributed by atoms with Gasteiger partial charge in [0.15, 0.2) is 5.78 Å². The van der Waals surface area contributed by atoms with E-state index in [1.54, 1.807) is 17.1 Å². The van der Waals surface area contributed by atoms with Crippen molar-refractivity contribution in [1.29, 1.82) is 5.26 Å². The highest BCUT2D eigenvalue weighted by Crippen LogP contribution is 2.23. The number of hydrogen-bond acceptors (Lipinski definition) is 3. The molecular formula is C15H15N3O. The van der Waals surface area contributed by atoms with Crippen molar-refractivity contribution in [3.05, 3.63) is 53.9 Å². The van der Waals surface area contributed by atoms with Crippen molar-refractivity contribution >= 4 is 5.78 Å². The van der Waals surface area contributed by atoms with Gasteiger partial charge in [0.2, 0.25) is 0 Å². The largest absolute Gasteiger partial charge is 0.293 e. The van der Waals surface area contributed by atoms with E-state index in [0.717, 1.165) is 12.1 Å². The molecule has 0 aliphatic heterocycles. The van der Waals surface area contributed by atoms with Gasteiger partial charge in [0.25, 0.3) is 0 Å². The van der Waals surface area contributed by atoms with Gasteiger partial charge in [-0.25, -0.2) is 0 Å². The van der Waals surface area contributed by atoms with Gasteiger partial charge in [0, 0.05) is 19.2 Å². The van der Waals surface area contributed by atoms with Crippen molar-refractivity contribution < 1.29 is 4.79 Å². The molecule has 96 valence electrons. The monoisotopic (exact) mass is 253 g/mol. The SMILES string of the molecule is CCn1cc(C(=O)C(CC#N)c2ccccc2)cn1. The molecule has 19 heavy (non-hydrogen) atoms. The van der Waals surface area contributed by atoms with Gasteiger partial charge in [0.05, 0.1) is 23.7 Å². The van der Waals surface area contributed by atoms with Crippen molar-refractivity contribution in [2.24, 2.45) is 0 Å². The lowest BCUT2D eigenvalue weighted by Gasteiger charge is -2.11. The molecule has 0 saturated carbocycles. The molecule has 0 aliphatic carbocycles. The van der Waals surface area contributed by atoms with E-state index >= 15 is 0 Å². The van der Waals surface area contributed by atoms with Crippen LogP contribution in [0.3, 0.4) is 0 Å². The average molecular weight is 253 g/mol. The number of rotatable bonds is 5. The van der Waals surface area contributed by atoms with Crippen LogP contribution in [-0.4, -0.2) is 15.6 Å². The Morgan fingerprint density at radius 2 is 2.16 bits per heavy atom. The molecule has 2 rings (SSSR count). The zero-order valence-electron chi connectivity index (χ0n) is 10.8. The third-order valence-corrected chi connectivity index (χ3v) is 3.06. The van der Waals surface area contributed by atoms with Crippen LogP contribution in [0.2, 0.25) is 0 Å². The fourth-order valence-electron chi connectivity index (χ4n) is 2.00. The number of hydrogen-bond donors (Lipinski definition) is 0. The first-order valence-corrected chi connectivity index (χ1v) is 6.24. The van der Waals surface area contributed by atoms with Gasteiger partial charge in [-0.05, 0) is 12.5 Å². The maximum absolute atomic E-state index is 12.5. The highest BCUT2D eigenvalue weighted by molar-refractivity contribution is 6.00. The molecule has 0 radical (unpaired) electrons. The summed E-state index contributed by atoms with van der Waals surface area (Å²) in [7, 11) is 0. The molecule has 2 aromatic rings. The second-order valence-electron chi connectivity index (χ2n) is 4.27. The number of nitriles is 1. The van der Waals surface area contributed by atoms with Crippen LogP contribution in [0.4, 0.5) is 0 Å². The van der Waals surface area contributed by atoms with Gasteiger partial charge >= 0.3 is 0 Å². The number of aromatic nitrogens is 2. The Balaban J connectivity index is 2.29. The molecule has 1 heterocycles. The highest BCUT2D eigenvalue weighted by atomic mass is 16.1. The third kappa shape index (κ3) is 2.89. The molecule has 1 aromatic heterocycles. The van der Waals surface area contributed by atoms with Crippen molar-refractivity contribution in [2.45, 2.75) is 25.8 Å².